The maximum Gasteiger partial charge on any atom is 0.408 e. The van der Waals surface area contributed by atoms with Crippen molar-refractivity contribution in [1.82, 2.24) is 14.9 Å². The molecule has 2 aromatic rings. The molecular formula is C25H29N3O11. The lowest BCUT2D eigenvalue weighted by Crippen LogP contribution is -2.59. The van der Waals surface area contributed by atoms with Crippen LogP contribution in [0.4, 0.5) is 4.79 Å². The van der Waals surface area contributed by atoms with Crippen LogP contribution in [0.5, 0.6) is 0 Å². The molecule has 1 aliphatic rings. The van der Waals surface area contributed by atoms with E-state index < -0.39 is 65.8 Å². The summed E-state index contributed by atoms with van der Waals surface area (Å²) in [7, 11) is 1.09. The number of nitrogens with zero attached hydrogens (tertiary/aromatic N) is 1. The molecule has 2 N–H and O–H groups in total. The van der Waals surface area contributed by atoms with Crippen LogP contribution in [0.1, 0.15) is 37.6 Å². The van der Waals surface area contributed by atoms with E-state index in [0.29, 0.717) is 5.56 Å². The van der Waals surface area contributed by atoms with Crippen molar-refractivity contribution >= 4 is 24.0 Å². The summed E-state index contributed by atoms with van der Waals surface area (Å²) in [5, 5.41) is 2.39. The van der Waals surface area contributed by atoms with E-state index in [2.05, 4.69) is 10.3 Å². The molecule has 1 fully saturated rings. The molecule has 0 unspecified atom stereocenters. The first kappa shape index (κ1) is 29.1. The van der Waals surface area contributed by atoms with Crippen molar-refractivity contribution in [2.24, 2.45) is 0 Å². The van der Waals surface area contributed by atoms with Crippen LogP contribution in [0.3, 0.4) is 0 Å². The molecule has 210 valence electrons. The highest BCUT2D eigenvalue weighted by molar-refractivity contribution is 5.82. The first-order valence-corrected chi connectivity index (χ1v) is 11.9. The van der Waals surface area contributed by atoms with Gasteiger partial charge in [-0.15, -0.1) is 0 Å². The van der Waals surface area contributed by atoms with E-state index in [4.69, 9.17) is 23.7 Å². The highest BCUT2D eigenvalue weighted by Gasteiger charge is 2.48. The molecule has 1 saturated heterocycles. The molecule has 0 saturated carbocycles. The van der Waals surface area contributed by atoms with Crippen LogP contribution in [0.25, 0.3) is 0 Å². The number of aromatic nitrogens is 2. The Hall–Kier alpha value is -4.46. The van der Waals surface area contributed by atoms with Crippen molar-refractivity contribution in [1.29, 1.82) is 0 Å². The summed E-state index contributed by atoms with van der Waals surface area (Å²) in [6.45, 7) is 3.57. The van der Waals surface area contributed by atoms with Crippen LogP contribution in [0, 0.1) is 6.92 Å². The molecule has 0 radical (unpaired) electrons. The van der Waals surface area contributed by atoms with Gasteiger partial charge in [0.2, 0.25) is 0 Å². The van der Waals surface area contributed by atoms with Crippen molar-refractivity contribution in [2.75, 3.05) is 7.11 Å². The Balaban J connectivity index is 1.96. The molecule has 14 heteroatoms. The zero-order chi connectivity index (χ0) is 28.7. The van der Waals surface area contributed by atoms with Gasteiger partial charge in [0.15, 0.2) is 18.4 Å². The Morgan fingerprint density at radius 2 is 1.77 bits per heavy atom. The van der Waals surface area contributed by atoms with Crippen molar-refractivity contribution < 1.29 is 42.9 Å². The zero-order valence-corrected chi connectivity index (χ0v) is 21.7. The summed E-state index contributed by atoms with van der Waals surface area (Å²) in [5.41, 5.74) is -0.749. The SMILES string of the molecule is COC(=O)[C@@H](NC(=O)OCc1ccccc1)[C@@H]1C[C@@H](OC(C)=O)[C@@H](OC(C)=O)[C@H](n2cc(C)c(=O)[nH]c2=O)O1. The van der Waals surface area contributed by atoms with Gasteiger partial charge in [-0.05, 0) is 12.5 Å². The monoisotopic (exact) mass is 547 g/mol. The number of carbonyl (C=O) groups is 4. The summed E-state index contributed by atoms with van der Waals surface area (Å²) in [4.78, 5) is 75.9. The minimum absolute atomic E-state index is 0.0919. The molecule has 0 aliphatic carbocycles. The topological polar surface area (TPSA) is 181 Å². The standard InChI is InChI=1S/C25H29N3O11/c1-13-11-28(24(33)27-21(13)31)22-20(38-15(3)30)18(37-14(2)29)10-17(39-22)19(23(32)35-4)26-25(34)36-12-16-8-6-5-7-9-16/h5-9,11,17-20,22H,10,12H2,1-4H3,(H,26,34)(H,27,31,33)/t17-,18+,19-,20+,22+/m0/s1. The molecule has 39 heavy (non-hydrogen) atoms. The van der Waals surface area contributed by atoms with Gasteiger partial charge in [0.05, 0.1) is 13.2 Å². The number of methoxy groups -OCH3 is 1. The normalized spacial score (nSPS) is 21.2. The highest BCUT2D eigenvalue weighted by atomic mass is 16.6. The van der Waals surface area contributed by atoms with Gasteiger partial charge in [-0.1, -0.05) is 30.3 Å². The molecule has 1 amide bonds. The van der Waals surface area contributed by atoms with Crippen molar-refractivity contribution in [3.8, 4) is 0 Å². The predicted molar refractivity (Wildman–Crippen MR) is 131 cm³/mol. The van der Waals surface area contributed by atoms with Gasteiger partial charge in [0.1, 0.15) is 12.7 Å². The second kappa shape index (κ2) is 12.9. The summed E-state index contributed by atoms with van der Waals surface area (Å²) < 4.78 is 27.7. The summed E-state index contributed by atoms with van der Waals surface area (Å²) in [6, 6.07) is 7.31. The van der Waals surface area contributed by atoms with E-state index >= 15 is 0 Å². The number of aromatic amines is 1. The van der Waals surface area contributed by atoms with Crippen LogP contribution in [-0.2, 0) is 44.7 Å². The van der Waals surface area contributed by atoms with Gasteiger partial charge in [0, 0.05) is 32.0 Å². The van der Waals surface area contributed by atoms with Crippen LogP contribution >= 0.6 is 0 Å². The van der Waals surface area contributed by atoms with Crippen LogP contribution in [0.15, 0.2) is 46.1 Å². The third-order valence-corrected chi connectivity index (χ3v) is 5.78. The number of benzene rings is 1. The molecule has 14 nitrogen and oxygen atoms in total. The average molecular weight is 548 g/mol. The lowest BCUT2D eigenvalue weighted by Gasteiger charge is -2.42. The molecule has 3 rings (SSSR count). The first-order chi connectivity index (χ1) is 18.5. The van der Waals surface area contributed by atoms with E-state index in [0.717, 1.165) is 25.5 Å². The molecule has 5 atom stereocenters. The number of hydrogen-bond donors (Lipinski definition) is 2. The fourth-order valence-electron chi connectivity index (χ4n) is 4.05. The van der Waals surface area contributed by atoms with Gasteiger partial charge in [-0.2, -0.15) is 0 Å². The van der Waals surface area contributed by atoms with Gasteiger partial charge < -0.3 is 29.0 Å². The zero-order valence-electron chi connectivity index (χ0n) is 21.7. The Morgan fingerprint density at radius 3 is 2.38 bits per heavy atom. The average Bonchev–Trinajstić information content (AvgIpc) is 2.88. The van der Waals surface area contributed by atoms with E-state index in [9.17, 15) is 28.8 Å². The summed E-state index contributed by atoms with van der Waals surface area (Å²) >= 11 is 0. The molecule has 1 aliphatic heterocycles. The third kappa shape index (κ3) is 7.54. The number of alkyl carbamates (subject to hydrolysis) is 1. The first-order valence-electron chi connectivity index (χ1n) is 11.9. The minimum Gasteiger partial charge on any atom is -0.467 e. The molecule has 0 bridgehead atoms. The molecule has 0 spiro atoms. The fraction of sp³-hybridized carbons (Fsp3) is 0.440. The molecular weight excluding hydrogens is 518 g/mol. The number of ether oxygens (including phenoxy) is 5. The number of H-pyrrole nitrogens is 1. The summed E-state index contributed by atoms with van der Waals surface area (Å²) in [5.74, 6) is -2.44. The quantitative estimate of drug-likeness (QED) is 0.346. The van der Waals surface area contributed by atoms with Gasteiger partial charge in [-0.3, -0.25) is 23.9 Å². The Kier molecular flexibility index (Phi) is 9.60. The van der Waals surface area contributed by atoms with E-state index in [1.165, 1.54) is 13.1 Å². The lowest BCUT2D eigenvalue weighted by molar-refractivity contribution is -0.229. The highest BCUT2D eigenvalue weighted by Crippen LogP contribution is 2.33. The van der Waals surface area contributed by atoms with Crippen molar-refractivity contribution in [3.63, 3.8) is 0 Å². The summed E-state index contributed by atoms with van der Waals surface area (Å²) in [6.07, 6.45) is -5.36. The second-order valence-corrected chi connectivity index (χ2v) is 8.71. The molecule has 1 aromatic heterocycles. The number of nitrogens with one attached hydrogen (secondary N) is 2. The minimum atomic E-state index is -1.49. The van der Waals surface area contributed by atoms with Crippen molar-refractivity contribution in [3.05, 3.63) is 68.5 Å². The largest absolute Gasteiger partial charge is 0.467 e. The lowest BCUT2D eigenvalue weighted by atomic mass is 9.95. The number of aryl methyl sites for hydroxylation is 1. The number of esters is 3. The van der Waals surface area contributed by atoms with E-state index in [-0.39, 0.29) is 18.6 Å². The van der Waals surface area contributed by atoms with Gasteiger partial charge >= 0.3 is 29.7 Å². The Bertz CT molecular complexity index is 1320. The predicted octanol–water partition coefficient (Wildman–Crippen LogP) is 0.464. The number of carbonyl (C=O) groups excluding carboxylic acids is 4. The van der Waals surface area contributed by atoms with Crippen LogP contribution < -0.4 is 16.6 Å². The Morgan fingerprint density at radius 1 is 1.10 bits per heavy atom. The van der Waals surface area contributed by atoms with Gasteiger partial charge in [-0.25, -0.2) is 14.4 Å². The van der Waals surface area contributed by atoms with Crippen molar-refractivity contribution in [2.45, 2.75) is 64.4 Å². The van der Waals surface area contributed by atoms with Crippen LogP contribution in [0.2, 0.25) is 0 Å². The number of rotatable bonds is 8. The smallest absolute Gasteiger partial charge is 0.408 e. The third-order valence-electron chi connectivity index (χ3n) is 5.78. The van der Waals surface area contributed by atoms with Crippen LogP contribution in [-0.4, -0.2) is 65.0 Å². The fourth-order valence-corrected chi connectivity index (χ4v) is 4.05. The maximum atomic E-state index is 12.7. The maximum absolute atomic E-state index is 12.7. The van der Waals surface area contributed by atoms with E-state index in [1.807, 2.05) is 0 Å². The van der Waals surface area contributed by atoms with E-state index in [1.54, 1.807) is 30.3 Å². The molecule has 1 aromatic carbocycles. The molecule has 2 heterocycles. The number of amides is 1. The number of hydrogen-bond acceptors (Lipinski definition) is 11. The second-order valence-electron chi connectivity index (χ2n) is 8.71. The Labute approximate surface area is 222 Å². The van der Waals surface area contributed by atoms with Gasteiger partial charge in [0.25, 0.3) is 5.56 Å².